The molecule has 1 aliphatic rings. The van der Waals surface area contributed by atoms with Crippen LogP contribution >= 0.6 is 28.1 Å². The standard InChI is InChI=1S/C13H16BrFN2S/c14-11-7-6-10(8-12(11)15)17-13(18)16-9-4-2-1-3-5-9/h6-9H,1-5H2,(H2,16,17,18). The Kier molecular flexibility index (Phi) is 4.95. The van der Waals surface area contributed by atoms with Crippen LogP contribution in [0.1, 0.15) is 32.1 Å². The third-order valence-corrected chi connectivity index (χ3v) is 3.98. The first-order chi connectivity index (χ1) is 8.65. The molecule has 1 aliphatic carbocycles. The average molecular weight is 331 g/mol. The average Bonchev–Trinajstić information content (AvgIpc) is 2.35. The van der Waals surface area contributed by atoms with Gasteiger partial charge in [-0.1, -0.05) is 19.3 Å². The van der Waals surface area contributed by atoms with Crippen LogP contribution in [0.4, 0.5) is 10.1 Å². The zero-order valence-corrected chi connectivity index (χ0v) is 12.4. The molecule has 2 nitrogen and oxygen atoms in total. The Hall–Kier alpha value is -0.680. The van der Waals surface area contributed by atoms with Crippen LogP contribution in [0.15, 0.2) is 22.7 Å². The fraction of sp³-hybridized carbons (Fsp3) is 0.462. The summed E-state index contributed by atoms with van der Waals surface area (Å²) in [6.45, 7) is 0. The third-order valence-electron chi connectivity index (χ3n) is 3.12. The van der Waals surface area contributed by atoms with Crippen LogP contribution in [0.25, 0.3) is 0 Å². The van der Waals surface area contributed by atoms with E-state index in [0.29, 0.717) is 21.3 Å². The lowest BCUT2D eigenvalue weighted by Gasteiger charge is -2.24. The molecule has 2 rings (SSSR count). The van der Waals surface area contributed by atoms with E-state index in [-0.39, 0.29) is 5.82 Å². The molecule has 18 heavy (non-hydrogen) atoms. The van der Waals surface area contributed by atoms with E-state index in [0.717, 1.165) is 12.8 Å². The number of hydrogen-bond donors (Lipinski definition) is 2. The summed E-state index contributed by atoms with van der Waals surface area (Å²) in [5.74, 6) is -0.291. The van der Waals surface area contributed by atoms with Gasteiger partial charge in [-0.05, 0) is 59.2 Å². The minimum atomic E-state index is -0.291. The number of thiocarbonyl (C=S) groups is 1. The Morgan fingerprint density at radius 1 is 1.28 bits per heavy atom. The van der Waals surface area contributed by atoms with Gasteiger partial charge in [-0.25, -0.2) is 4.39 Å². The summed E-state index contributed by atoms with van der Waals surface area (Å²) in [7, 11) is 0. The normalized spacial score (nSPS) is 16.3. The summed E-state index contributed by atoms with van der Waals surface area (Å²) in [5.41, 5.74) is 0.670. The quantitative estimate of drug-likeness (QED) is 0.794. The minimum Gasteiger partial charge on any atom is -0.360 e. The first-order valence-electron chi connectivity index (χ1n) is 6.18. The fourth-order valence-electron chi connectivity index (χ4n) is 2.17. The van der Waals surface area contributed by atoms with E-state index in [1.165, 1.54) is 25.3 Å². The maximum atomic E-state index is 13.3. The summed E-state index contributed by atoms with van der Waals surface area (Å²) in [4.78, 5) is 0. The van der Waals surface area contributed by atoms with Crippen molar-refractivity contribution in [3.63, 3.8) is 0 Å². The highest BCUT2D eigenvalue weighted by molar-refractivity contribution is 9.10. The van der Waals surface area contributed by atoms with Gasteiger partial charge in [0, 0.05) is 11.7 Å². The Labute approximate surface area is 120 Å². The van der Waals surface area contributed by atoms with Crippen LogP contribution in [0.3, 0.4) is 0 Å². The predicted octanol–water partition coefficient (Wildman–Crippen LogP) is 4.21. The molecule has 1 aromatic carbocycles. The maximum absolute atomic E-state index is 13.3. The van der Waals surface area contributed by atoms with Crippen molar-refractivity contribution in [3.8, 4) is 0 Å². The smallest absolute Gasteiger partial charge is 0.170 e. The Balaban J connectivity index is 1.88. The molecule has 1 saturated carbocycles. The zero-order chi connectivity index (χ0) is 13.0. The molecule has 0 spiro atoms. The minimum absolute atomic E-state index is 0.291. The molecule has 0 amide bonds. The Morgan fingerprint density at radius 3 is 2.67 bits per heavy atom. The van der Waals surface area contributed by atoms with Gasteiger partial charge in [0.1, 0.15) is 5.82 Å². The molecule has 98 valence electrons. The van der Waals surface area contributed by atoms with Gasteiger partial charge in [-0.3, -0.25) is 0 Å². The van der Waals surface area contributed by atoms with Crippen LogP contribution < -0.4 is 10.6 Å². The van der Waals surface area contributed by atoms with E-state index in [1.54, 1.807) is 12.1 Å². The van der Waals surface area contributed by atoms with Gasteiger partial charge in [0.25, 0.3) is 0 Å². The highest BCUT2D eigenvalue weighted by Gasteiger charge is 2.14. The summed E-state index contributed by atoms with van der Waals surface area (Å²) in [5, 5.41) is 6.88. The molecule has 5 heteroatoms. The highest BCUT2D eigenvalue weighted by Crippen LogP contribution is 2.20. The van der Waals surface area contributed by atoms with Crippen molar-refractivity contribution in [1.82, 2.24) is 5.32 Å². The van der Waals surface area contributed by atoms with Crippen molar-refractivity contribution in [2.75, 3.05) is 5.32 Å². The first-order valence-corrected chi connectivity index (χ1v) is 7.38. The molecule has 0 aromatic heterocycles. The van der Waals surface area contributed by atoms with Gasteiger partial charge in [0.2, 0.25) is 0 Å². The van der Waals surface area contributed by atoms with E-state index in [4.69, 9.17) is 12.2 Å². The van der Waals surface area contributed by atoms with E-state index >= 15 is 0 Å². The van der Waals surface area contributed by atoms with Gasteiger partial charge in [-0.15, -0.1) is 0 Å². The summed E-state index contributed by atoms with van der Waals surface area (Å²) in [6, 6.07) is 5.35. The molecule has 0 atom stereocenters. The zero-order valence-electron chi connectivity index (χ0n) is 10.0. The number of hydrogen-bond acceptors (Lipinski definition) is 1. The molecule has 0 bridgehead atoms. The lowest BCUT2D eigenvalue weighted by molar-refractivity contribution is 0.415. The van der Waals surface area contributed by atoms with Crippen LogP contribution in [-0.2, 0) is 0 Å². The van der Waals surface area contributed by atoms with E-state index in [1.807, 2.05) is 0 Å². The second-order valence-electron chi connectivity index (χ2n) is 4.56. The van der Waals surface area contributed by atoms with Gasteiger partial charge >= 0.3 is 0 Å². The summed E-state index contributed by atoms with van der Waals surface area (Å²) in [6.07, 6.45) is 6.16. The number of benzene rings is 1. The second-order valence-corrected chi connectivity index (χ2v) is 5.82. The molecule has 1 aromatic rings. The van der Waals surface area contributed by atoms with Crippen LogP contribution in [0, 0.1) is 5.82 Å². The topological polar surface area (TPSA) is 24.1 Å². The van der Waals surface area contributed by atoms with Crippen molar-refractivity contribution in [1.29, 1.82) is 0 Å². The first kappa shape index (κ1) is 13.7. The Bertz CT molecular complexity index is 433. The van der Waals surface area contributed by atoms with Crippen molar-refractivity contribution in [3.05, 3.63) is 28.5 Å². The fourth-order valence-corrected chi connectivity index (χ4v) is 2.70. The predicted molar refractivity (Wildman–Crippen MR) is 80.3 cm³/mol. The molecule has 0 saturated heterocycles. The van der Waals surface area contributed by atoms with Gasteiger partial charge in [0.15, 0.2) is 5.11 Å². The van der Waals surface area contributed by atoms with E-state index in [9.17, 15) is 4.39 Å². The molecule has 0 radical (unpaired) electrons. The second kappa shape index (κ2) is 6.48. The van der Waals surface area contributed by atoms with Gasteiger partial charge in [0.05, 0.1) is 4.47 Å². The van der Waals surface area contributed by atoms with Crippen LogP contribution in [-0.4, -0.2) is 11.2 Å². The highest BCUT2D eigenvalue weighted by atomic mass is 79.9. The van der Waals surface area contributed by atoms with Crippen molar-refractivity contribution < 1.29 is 4.39 Å². The number of rotatable bonds is 2. The van der Waals surface area contributed by atoms with Crippen LogP contribution in [0.2, 0.25) is 0 Å². The molecule has 0 unspecified atom stereocenters. The molecule has 0 aliphatic heterocycles. The largest absolute Gasteiger partial charge is 0.360 e. The summed E-state index contributed by atoms with van der Waals surface area (Å²) >= 11 is 8.36. The molecule has 1 fully saturated rings. The molecule has 2 N–H and O–H groups in total. The van der Waals surface area contributed by atoms with Gasteiger partial charge < -0.3 is 10.6 Å². The number of anilines is 1. The van der Waals surface area contributed by atoms with E-state index < -0.39 is 0 Å². The van der Waals surface area contributed by atoms with Crippen molar-refractivity contribution in [2.24, 2.45) is 0 Å². The summed E-state index contributed by atoms with van der Waals surface area (Å²) < 4.78 is 13.8. The van der Waals surface area contributed by atoms with Gasteiger partial charge in [-0.2, -0.15) is 0 Å². The maximum Gasteiger partial charge on any atom is 0.170 e. The molecule has 0 heterocycles. The lowest BCUT2D eigenvalue weighted by atomic mass is 9.96. The number of halogens is 2. The molecular formula is C13H16BrFN2S. The Morgan fingerprint density at radius 2 is 2.00 bits per heavy atom. The lowest BCUT2D eigenvalue weighted by Crippen LogP contribution is -2.38. The number of nitrogens with one attached hydrogen (secondary N) is 2. The van der Waals surface area contributed by atoms with Crippen LogP contribution in [0.5, 0.6) is 0 Å². The van der Waals surface area contributed by atoms with Crippen molar-refractivity contribution in [2.45, 2.75) is 38.1 Å². The third kappa shape index (κ3) is 3.92. The molecular weight excluding hydrogens is 315 g/mol. The van der Waals surface area contributed by atoms with Crippen molar-refractivity contribution >= 4 is 38.9 Å². The SMILES string of the molecule is Fc1cc(NC(=S)NC2CCCCC2)ccc1Br. The van der Waals surface area contributed by atoms with E-state index in [2.05, 4.69) is 26.6 Å². The monoisotopic (exact) mass is 330 g/mol.